The fraction of sp³-hybridized carbons (Fsp3) is 0.524. The number of likely N-dealkylation sites (tertiary alicyclic amines) is 1. The molecule has 4 heterocycles. The van der Waals surface area contributed by atoms with Crippen molar-refractivity contribution < 1.29 is 4.79 Å². The predicted octanol–water partition coefficient (Wildman–Crippen LogP) is 4.66. The number of aromatic nitrogens is 5. The number of aryl methyl sites for hydroxylation is 1. The molecular formula is C21H25Cl2N7O. The summed E-state index contributed by atoms with van der Waals surface area (Å²) in [4.78, 5) is 23.4. The maximum atomic E-state index is 12.4. The Morgan fingerprint density at radius 3 is 2.81 bits per heavy atom. The van der Waals surface area contributed by atoms with E-state index in [9.17, 15) is 4.79 Å². The number of rotatable bonds is 5. The summed E-state index contributed by atoms with van der Waals surface area (Å²) in [5, 5.41) is 9.55. The molecule has 2 aliphatic rings. The number of fused-ring (bicyclic) bond motifs is 1. The molecule has 0 bridgehead atoms. The molecule has 5 rings (SSSR count). The van der Waals surface area contributed by atoms with Gasteiger partial charge < -0.3 is 14.8 Å². The highest BCUT2D eigenvalue weighted by Crippen LogP contribution is 2.34. The van der Waals surface area contributed by atoms with Crippen molar-refractivity contribution in [2.24, 2.45) is 5.92 Å². The van der Waals surface area contributed by atoms with Crippen molar-refractivity contribution in [3.05, 3.63) is 28.8 Å². The standard InChI is InChI=1S/C21H25Cl2N7O/c1-2-28-11-16(22)15-10-24-21(26-19(15)28)25-17-12-30(27-18(17)23)14-4-3-8-29(9-7-14)20(31)13-5-6-13/h10-14H,2-9H2,1H3,(H,24,25,26). The number of anilines is 2. The Labute approximate surface area is 190 Å². The van der Waals surface area contributed by atoms with Gasteiger partial charge in [0, 0.05) is 37.9 Å². The lowest BCUT2D eigenvalue weighted by atomic mass is 10.1. The van der Waals surface area contributed by atoms with Crippen LogP contribution in [0.2, 0.25) is 10.2 Å². The fourth-order valence-electron chi connectivity index (χ4n) is 4.24. The van der Waals surface area contributed by atoms with Crippen LogP contribution in [0.3, 0.4) is 0 Å². The van der Waals surface area contributed by atoms with Crippen LogP contribution >= 0.6 is 23.2 Å². The van der Waals surface area contributed by atoms with Gasteiger partial charge in [0.15, 0.2) is 5.15 Å². The van der Waals surface area contributed by atoms with E-state index in [1.54, 1.807) is 6.20 Å². The van der Waals surface area contributed by atoms with Gasteiger partial charge in [0.25, 0.3) is 0 Å². The Hall–Kier alpha value is -2.32. The van der Waals surface area contributed by atoms with E-state index in [0.29, 0.717) is 27.7 Å². The molecule has 0 spiro atoms. The van der Waals surface area contributed by atoms with E-state index in [1.165, 1.54) is 0 Å². The van der Waals surface area contributed by atoms with Crippen LogP contribution in [0.15, 0.2) is 18.6 Å². The highest BCUT2D eigenvalue weighted by Gasteiger charge is 2.34. The summed E-state index contributed by atoms with van der Waals surface area (Å²) >= 11 is 12.7. The third-order valence-corrected chi connectivity index (χ3v) is 6.73. The van der Waals surface area contributed by atoms with E-state index in [-0.39, 0.29) is 12.0 Å². The monoisotopic (exact) mass is 461 g/mol. The van der Waals surface area contributed by atoms with Gasteiger partial charge in [-0.2, -0.15) is 10.1 Å². The lowest BCUT2D eigenvalue weighted by Gasteiger charge is -2.20. The molecule has 8 nitrogen and oxygen atoms in total. The van der Waals surface area contributed by atoms with Crippen molar-refractivity contribution in [2.75, 3.05) is 18.4 Å². The van der Waals surface area contributed by atoms with E-state index < -0.39 is 0 Å². The maximum absolute atomic E-state index is 12.4. The van der Waals surface area contributed by atoms with E-state index in [4.69, 9.17) is 23.2 Å². The lowest BCUT2D eigenvalue weighted by molar-refractivity contribution is -0.132. The minimum atomic E-state index is 0.213. The number of carbonyl (C=O) groups excluding carboxylic acids is 1. The first-order valence-electron chi connectivity index (χ1n) is 10.9. The average Bonchev–Trinajstić information content (AvgIpc) is 3.53. The number of amides is 1. The summed E-state index contributed by atoms with van der Waals surface area (Å²) in [6.07, 6.45) is 10.4. The highest BCUT2D eigenvalue weighted by atomic mass is 35.5. The first-order chi connectivity index (χ1) is 15.0. The molecule has 164 valence electrons. The smallest absolute Gasteiger partial charge is 0.229 e. The van der Waals surface area contributed by atoms with E-state index in [0.717, 1.165) is 62.8 Å². The van der Waals surface area contributed by atoms with Crippen LogP contribution in [0.5, 0.6) is 0 Å². The Bertz CT molecular complexity index is 1120. The molecule has 1 saturated carbocycles. The summed E-state index contributed by atoms with van der Waals surface area (Å²) in [6.45, 7) is 4.41. The molecule has 1 saturated heterocycles. The molecule has 2 fully saturated rings. The van der Waals surface area contributed by atoms with Crippen LogP contribution < -0.4 is 5.32 Å². The molecule has 10 heteroatoms. The first-order valence-corrected chi connectivity index (χ1v) is 11.6. The third kappa shape index (κ3) is 4.11. The van der Waals surface area contributed by atoms with Gasteiger partial charge in [-0.3, -0.25) is 9.48 Å². The number of hydrogen-bond donors (Lipinski definition) is 1. The molecule has 1 aliphatic carbocycles. The molecular weight excluding hydrogens is 437 g/mol. The predicted molar refractivity (Wildman–Crippen MR) is 121 cm³/mol. The Morgan fingerprint density at radius 1 is 1.19 bits per heavy atom. The van der Waals surface area contributed by atoms with Crippen molar-refractivity contribution in [2.45, 2.75) is 51.6 Å². The van der Waals surface area contributed by atoms with E-state index in [2.05, 4.69) is 20.4 Å². The average molecular weight is 462 g/mol. The minimum absolute atomic E-state index is 0.213. The second kappa shape index (κ2) is 8.31. The summed E-state index contributed by atoms with van der Waals surface area (Å²) in [5.41, 5.74) is 1.44. The Kier molecular flexibility index (Phi) is 5.52. The molecule has 1 aliphatic heterocycles. The Balaban J connectivity index is 1.31. The summed E-state index contributed by atoms with van der Waals surface area (Å²) in [6, 6.07) is 0.213. The van der Waals surface area contributed by atoms with Gasteiger partial charge >= 0.3 is 0 Å². The van der Waals surface area contributed by atoms with Crippen molar-refractivity contribution in [1.82, 2.24) is 29.2 Å². The lowest BCUT2D eigenvalue weighted by Crippen LogP contribution is -2.33. The zero-order chi connectivity index (χ0) is 21.5. The maximum Gasteiger partial charge on any atom is 0.229 e. The molecule has 3 aromatic heterocycles. The minimum Gasteiger partial charge on any atom is -0.342 e. The van der Waals surface area contributed by atoms with Crippen molar-refractivity contribution in [3.8, 4) is 0 Å². The normalized spacial score (nSPS) is 19.6. The summed E-state index contributed by atoms with van der Waals surface area (Å²) in [7, 11) is 0. The van der Waals surface area contributed by atoms with Crippen LogP contribution in [0.4, 0.5) is 11.6 Å². The zero-order valence-corrected chi connectivity index (χ0v) is 18.9. The molecule has 1 atom stereocenters. The molecule has 31 heavy (non-hydrogen) atoms. The third-order valence-electron chi connectivity index (χ3n) is 6.15. The van der Waals surface area contributed by atoms with Crippen molar-refractivity contribution in [3.63, 3.8) is 0 Å². The van der Waals surface area contributed by atoms with E-state index >= 15 is 0 Å². The molecule has 3 aromatic rings. The van der Waals surface area contributed by atoms with Crippen molar-refractivity contribution in [1.29, 1.82) is 0 Å². The summed E-state index contributed by atoms with van der Waals surface area (Å²) < 4.78 is 3.90. The number of nitrogens with one attached hydrogen (secondary N) is 1. The van der Waals surface area contributed by atoms with Gasteiger partial charge in [-0.05, 0) is 39.0 Å². The van der Waals surface area contributed by atoms with Crippen LogP contribution in [0.1, 0.15) is 45.1 Å². The van der Waals surface area contributed by atoms with Crippen LogP contribution in [0, 0.1) is 5.92 Å². The molecule has 1 N–H and O–H groups in total. The second-order valence-corrected chi connectivity index (χ2v) is 9.08. The quantitative estimate of drug-likeness (QED) is 0.597. The molecule has 0 aromatic carbocycles. The van der Waals surface area contributed by atoms with Gasteiger partial charge in [-0.1, -0.05) is 23.2 Å². The summed E-state index contributed by atoms with van der Waals surface area (Å²) in [5.74, 6) is 1.04. The van der Waals surface area contributed by atoms with Crippen molar-refractivity contribution >= 4 is 51.8 Å². The largest absolute Gasteiger partial charge is 0.342 e. The van der Waals surface area contributed by atoms with Gasteiger partial charge in [-0.25, -0.2) is 4.98 Å². The fourth-order valence-corrected chi connectivity index (χ4v) is 4.68. The van der Waals surface area contributed by atoms with Gasteiger partial charge in [0.05, 0.1) is 28.3 Å². The topological polar surface area (TPSA) is 80.9 Å². The number of hydrogen-bond acceptors (Lipinski definition) is 5. The Morgan fingerprint density at radius 2 is 2.03 bits per heavy atom. The number of halogens is 2. The van der Waals surface area contributed by atoms with Gasteiger partial charge in [0.1, 0.15) is 5.65 Å². The number of carbonyl (C=O) groups is 1. The van der Waals surface area contributed by atoms with Gasteiger partial charge in [0.2, 0.25) is 11.9 Å². The molecule has 0 radical (unpaired) electrons. The van der Waals surface area contributed by atoms with Crippen LogP contribution in [-0.2, 0) is 11.3 Å². The second-order valence-electron chi connectivity index (χ2n) is 8.32. The number of nitrogens with zero attached hydrogens (tertiary/aromatic N) is 6. The SMILES string of the molecule is CCn1cc(Cl)c2cnc(Nc3cn(C4CCCN(C(=O)C5CC5)CC4)nc3Cl)nc21. The van der Waals surface area contributed by atoms with Crippen LogP contribution in [-0.4, -0.2) is 48.2 Å². The van der Waals surface area contributed by atoms with Crippen LogP contribution in [0.25, 0.3) is 11.0 Å². The van der Waals surface area contributed by atoms with Gasteiger partial charge in [-0.15, -0.1) is 0 Å². The first kappa shape index (κ1) is 20.6. The molecule has 1 amide bonds. The highest BCUT2D eigenvalue weighted by molar-refractivity contribution is 6.35. The van der Waals surface area contributed by atoms with E-state index in [1.807, 2.05) is 33.5 Å². The molecule has 1 unspecified atom stereocenters. The zero-order valence-electron chi connectivity index (χ0n) is 17.4.